The number of aliphatic hydroxyl groups is 1. The van der Waals surface area contributed by atoms with Gasteiger partial charge in [0.1, 0.15) is 5.75 Å². The predicted octanol–water partition coefficient (Wildman–Crippen LogP) is 2.49. The van der Waals surface area contributed by atoms with Crippen LogP contribution < -0.4 is 15.4 Å². The summed E-state index contributed by atoms with van der Waals surface area (Å²) in [6.07, 6.45) is 1.74. The Morgan fingerprint density at radius 3 is 2.76 bits per heavy atom. The molecule has 0 spiro atoms. The van der Waals surface area contributed by atoms with Gasteiger partial charge in [-0.05, 0) is 31.4 Å². The van der Waals surface area contributed by atoms with Crippen molar-refractivity contribution in [2.24, 2.45) is 5.41 Å². The normalized spacial score (nSPS) is 15.7. The molecule has 0 unspecified atom stereocenters. The number of carbonyl (C=O) groups excluding carboxylic acids is 1. The third kappa shape index (κ3) is 4.04. The van der Waals surface area contributed by atoms with E-state index in [0.29, 0.717) is 12.1 Å². The number of hydrogen-bond acceptors (Lipinski definition) is 3. The van der Waals surface area contributed by atoms with Crippen molar-refractivity contribution in [2.45, 2.75) is 26.4 Å². The number of hydrogen-bond donors (Lipinski definition) is 3. The molecule has 1 aliphatic carbocycles. The molecule has 21 heavy (non-hydrogen) atoms. The molecule has 0 radical (unpaired) electrons. The average Bonchev–Trinajstić information content (AvgIpc) is 3.21. The number of ether oxygens (including phenoxy) is 1. The number of alkyl halides is 2. The van der Waals surface area contributed by atoms with Crippen LogP contribution in [0.25, 0.3) is 0 Å². The molecule has 0 atom stereocenters. The quantitative estimate of drug-likeness (QED) is 0.756. The molecule has 1 fully saturated rings. The number of urea groups is 1. The van der Waals surface area contributed by atoms with Gasteiger partial charge in [-0.25, -0.2) is 4.79 Å². The number of carbonyl (C=O) groups is 1. The molecule has 1 saturated carbocycles. The molecule has 116 valence electrons. The van der Waals surface area contributed by atoms with Gasteiger partial charge in [-0.3, -0.25) is 0 Å². The number of benzene rings is 1. The zero-order valence-electron chi connectivity index (χ0n) is 11.7. The van der Waals surface area contributed by atoms with Crippen molar-refractivity contribution >= 4 is 11.7 Å². The number of para-hydroxylation sites is 1. The van der Waals surface area contributed by atoms with Crippen molar-refractivity contribution in [1.82, 2.24) is 5.32 Å². The number of amides is 2. The van der Waals surface area contributed by atoms with Crippen molar-refractivity contribution < 1.29 is 23.4 Å². The van der Waals surface area contributed by atoms with Gasteiger partial charge >= 0.3 is 12.6 Å². The van der Waals surface area contributed by atoms with Crippen LogP contribution in [0.1, 0.15) is 18.4 Å². The summed E-state index contributed by atoms with van der Waals surface area (Å²) in [4.78, 5) is 11.8. The Morgan fingerprint density at radius 1 is 1.48 bits per heavy atom. The molecule has 1 aromatic rings. The third-order valence-corrected chi connectivity index (χ3v) is 3.61. The predicted molar refractivity (Wildman–Crippen MR) is 73.6 cm³/mol. The highest BCUT2D eigenvalue weighted by Crippen LogP contribution is 2.44. The van der Waals surface area contributed by atoms with Crippen molar-refractivity contribution in [1.29, 1.82) is 0 Å². The SMILES string of the molecule is Cc1cccc(OC(F)F)c1NC(=O)NCC1(CO)CC1. The van der Waals surface area contributed by atoms with Crippen LogP contribution in [0.15, 0.2) is 18.2 Å². The molecular formula is C14H18F2N2O3. The third-order valence-electron chi connectivity index (χ3n) is 3.61. The fourth-order valence-corrected chi connectivity index (χ4v) is 1.99. The Labute approximate surface area is 121 Å². The first kappa shape index (κ1) is 15.5. The summed E-state index contributed by atoms with van der Waals surface area (Å²) in [5.41, 5.74) is 0.612. The van der Waals surface area contributed by atoms with Crippen molar-refractivity contribution in [3.8, 4) is 5.75 Å². The zero-order chi connectivity index (χ0) is 15.5. The maximum absolute atomic E-state index is 12.3. The van der Waals surface area contributed by atoms with E-state index in [1.54, 1.807) is 19.1 Å². The van der Waals surface area contributed by atoms with Crippen LogP contribution >= 0.6 is 0 Å². The smallest absolute Gasteiger partial charge is 0.387 e. The lowest BCUT2D eigenvalue weighted by Gasteiger charge is -2.16. The standard InChI is InChI=1S/C14H18F2N2O3/c1-9-3-2-4-10(21-12(15)16)11(9)18-13(20)17-7-14(8-19)5-6-14/h2-4,12,19H,5-8H2,1H3,(H2,17,18,20). The number of anilines is 1. The van der Waals surface area contributed by atoms with Crippen molar-refractivity contribution in [3.63, 3.8) is 0 Å². The lowest BCUT2D eigenvalue weighted by Crippen LogP contribution is -2.35. The van der Waals surface area contributed by atoms with Crippen LogP contribution in [0.5, 0.6) is 5.75 Å². The monoisotopic (exact) mass is 300 g/mol. The molecule has 0 saturated heterocycles. The first-order valence-corrected chi connectivity index (χ1v) is 6.66. The summed E-state index contributed by atoms with van der Waals surface area (Å²) < 4.78 is 29.1. The minimum Gasteiger partial charge on any atom is -0.433 e. The van der Waals surface area contributed by atoms with Crippen LogP contribution in [-0.2, 0) is 0 Å². The van der Waals surface area contributed by atoms with Crippen LogP contribution in [0.2, 0.25) is 0 Å². The van der Waals surface area contributed by atoms with E-state index < -0.39 is 12.6 Å². The molecular weight excluding hydrogens is 282 g/mol. The van der Waals surface area contributed by atoms with E-state index in [1.807, 2.05) is 0 Å². The van der Waals surface area contributed by atoms with Gasteiger partial charge in [-0.1, -0.05) is 12.1 Å². The molecule has 5 nitrogen and oxygen atoms in total. The molecule has 0 bridgehead atoms. The Kier molecular flexibility index (Phi) is 4.62. The molecule has 3 N–H and O–H groups in total. The molecule has 0 heterocycles. The summed E-state index contributed by atoms with van der Waals surface area (Å²) in [6, 6.07) is 4.11. The number of aliphatic hydroxyl groups excluding tert-OH is 1. The topological polar surface area (TPSA) is 70.6 Å². The minimum absolute atomic E-state index is 0.0252. The van der Waals surface area contributed by atoms with E-state index in [4.69, 9.17) is 0 Å². The van der Waals surface area contributed by atoms with Crippen molar-refractivity contribution in [2.75, 3.05) is 18.5 Å². The van der Waals surface area contributed by atoms with Gasteiger partial charge in [0.2, 0.25) is 0 Å². The minimum atomic E-state index is -2.96. The molecule has 2 rings (SSSR count). The molecule has 1 aliphatic rings. The summed E-state index contributed by atoms with van der Waals surface area (Å²) in [7, 11) is 0. The summed E-state index contributed by atoms with van der Waals surface area (Å²) in [6.45, 7) is -0.896. The fourth-order valence-electron chi connectivity index (χ4n) is 1.99. The van der Waals surface area contributed by atoms with Gasteiger partial charge in [-0.2, -0.15) is 8.78 Å². The van der Waals surface area contributed by atoms with Crippen LogP contribution in [0.4, 0.5) is 19.3 Å². The van der Waals surface area contributed by atoms with E-state index >= 15 is 0 Å². The van der Waals surface area contributed by atoms with Crippen molar-refractivity contribution in [3.05, 3.63) is 23.8 Å². The van der Waals surface area contributed by atoms with Gasteiger partial charge in [-0.15, -0.1) is 0 Å². The zero-order valence-corrected chi connectivity index (χ0v) is 11.7. The molecule has 7 heteroatoms. The molecule has 2 amide bonds. The first-order chi connectivity index (χ1) is 9.96. The first-order valence-electron chi connectivity index (χ1n) is 6.66. The lowest BCUT2D eigenvalue weighted by molar-refractivity contribution is -0.0493. The van der Waals surface area contributed by atoms with Crippen LogP contribution in [0.3, 0.4) is 0 Å². The number of nitrogens with one attached hydrogen (secondary N) is 2. The average molecular weight is 300 g/mol. The Bertz CT molecular complexity index is 519. The molecule has 0 aliphatic heterocycles. The van der Waals surface area contributed by atoms with E-state index in [2.05, 4.69) is 15.4 Å². The van der Waals surface area contributed by atoms with Gasteiger partial charge in [0.25, 0.3) is 0 Å². The maximum atomic E-state index is 12.3. The summed E-state index contributed by atoms with van der Waals surface area (Å²) >= 11 is 0. The van der Waals surface area contributed by atoms with Gasteiger partial charge in [0.15, 0.2) is 0 Å². The van der Waals surface area contributed by atoms with Crippen LogP contribution in [-0.4, -0.2) is 30.9 Å². The van der Waals surface area contributed by atoms with E-state index in [0.717, 1.165) is 12.8 Å². The Morgan fingerprint density at radius 2 is 2.19 bits per heavy atom. The van der Waals surface area contributed by atoms with E-state index in [-0.39, 0.29) is 23.5 Å². The van der Waals surface area contributed by atoms with Gasteiger partial charge in [0.05, 0.1) is 12.3 Å². The number of rotatable bonds is 6. The van der Waals surface area contributed by atoms with Crippen LogP contribution in [0, 0.1) is 12.3 Å². The Hall–Kier alpha value is -1.89. The summed E-state index contributed by atoms with van der Waals surface area (Å²) in [5, 5.41) is 14.3. The second-order valence-electron chi connectivity index (χ2n) is 5.29. The maximum Gasteiger partial charge on any atom is 0.387 e. The molecule has 0 aromatic heterocycles. The fraction of sp³-hybridized carbons (Fsp3) is 0.500. The van der Waals surface area contributed by atoms with E-state index in [1.165, 1.54) is 6.07 Å². The second kappa shape index (κ2) is 6.26. The van der Waals surface area contributed by atoms with Gasteiger partial charge in [0, 0.05) is 12.0 Å². The van der Waals surface area contributed by atoms with E-state index in [9.17, 15) is 18.7 Å². The highest BCUT2D eigenvalue weighted by Gasteiger charge is 2.42. The second-order valence-corrected chi connectivity index (χ2v) is 5.29. The highest BCUT2D eigenvalue weighted by molar-refractivity contribution is 5.92. The lowest BCUT2D eigenvalue weighted by atomic mass is 10.1. The number of aryl methyl sites for hydroxylation is 1. The summed E-state index contributed by atoms with van der Waals surface area (Å²) in [5.74, 6) is -0.0801. The largest absolute Gasteiger partial charge is 0.433 e. The van der Waals surface area contributed by atoms with Gasteiger partial charge < -0.3 is 20.5 Å². The highest BCUT2D eigenvalue weighted by atomic mass is 19.3. The number of halogens is 2. The Balaban J connectivity index is 1.99. The molecule has 1 aromatic carbocycles.